The fourth-order valence-electron chi connectivity index (χ4n) is 3.18. The van der Waals surface area contributed by atoms with E-state index in [4.69, 9.17) is 11.1 Å². The van der Waals surface area contributed by atoms with Crippen LogP contribution in [0.25, 0.3) is 10.2 Å². The van der Waals surface area contributed by atoms with Gasteiger partial charge in [0.2, 0.25) is 5.82 Å². The smallest absolute Gasteiger partial charge is 0.287 e. The molecule has 0 saturated carbocycles. The summed E-state index contributed by atoms with van der Waals surface area (Å²) in [4.78, 5) is 33.6. The van der Waals surface area contributed by atoms with Crippen molar-refractivity contribution in [2.75, 3.05) is 0 Å². The summed E-state index contributed by atoms with van der Waals surface area (Å²) in [7, 11) is 0. The van der Waals surface area contributed by atoms with E-state index in [0.717, 1.165) is 30.4 Å². The molecule has 0 fully saturated rings. The maximum atomic E-state index is 12.4. The van der Waals surface area contributed by atoms with E-state index in [-0.39, 0.29) is 17.2 Å². The second-order valence-electron chi connectivity index (χ2n) is 6.25. The van der Waals surface area contributed by atoms with Crippen LogP contribution in [-0.4, -0.2) is 21.7 Å². The zero-order chi connectivity index (χ0) is 18.3. The minimum atomic E-state index is -0.423. The van der Waals surface area contributed by atoms with Crippen LogP contribution in [-0.2, 0) is 19.4 Å². The molecule has 132 valence electrons. The van der Waals surface area contributed by atoms with Crippen LogP contribution in [0.4, 0.5) is 0 Å². The zero-order valence-electron chi connectivity index (χ0n) is 13.9. The molecule has 0 bridgehead atoms. The average molecular weight is 367 g/mol. The van der Waals surface area contributed by atoms with Crippen LogP contribution in [0.1, 0.15) is 38.6 Å². The third kappa shape index (κ3) is 2.88. The number of amidine groups is 1. The highest BCUT2D eigenvalue weighted by atomic mass is 32.1. The molecular formula is C18H17N5O2S. The summed E-state index contributed by atoms with van der Waals surface area (Å²) in [6.07, 6.45) is 2.96. The van der Waals surface area contributed by atoms with Crippen LogP contribution in [0, 0.1) is 5.41 Å². The zero-order valence-corrected chi connectivity index (χ0v) is 14.7. The molecule has 3 aromatic rings. The van der Waals surface area contributed by atoms with Crippen LogP contribution in [0.2, 0.25) is 0 Å². The number of nitrogens with two attached hydrogens (primary N) is 1. The van der Waals surface area contributed by atoms with Crippen molar-refractivity contribution in [2.24, 2.45) is 5.73 Å². The first kappa shape index (κ1) is 16.5. The van der Waals surface area contributed by atoms with Gasteiger partial charge in [0.25, 0.3) is 11.5 Å². The Morgan fingerprint density at radius 1 is 1.31 bits per heavy atom. The summed E-state index contributed by atoms with van der Waals surface area (Å²) < 4.78 is 0. The van der Waals surface area contributed by atoms with Crippen LogP contribution >= 0.6 is 11.3 Å². The van der Waals surface area contributed by atoms with E-state index in [1.165, 1.54) is 16.2 Å². The van der Waals surface area contributed by atoms with Gasteiger partial charge in [0.05, 0.1) is 5.39 Å². The summed E-state index contributed by atoms with van der Waals surface area (Å²) in [5.41, 5.74) is 7.76. The molecule has 8 heteroatoms. The lowest BCUT2D eigenvalue weighted by molar-refractivity contribution is 0.0940. The van der Waals surface area contributed by atoms with E-state index < -0.39 is 5.91 Å². The molecule has 7 nitrogen and oxygen atoms in total. The van der Waals surface area contributed by atoms with Crippen LogP contribution in [0.15, 0.2) is 29.1 Å². The van der Waals surface area contributed by atoms with Crippen molar-refractivity contribution in [1.29, 1.82) is 5.41 Å². The van der Waals surface area contributed by atoms with Gasteiger partial charge in [-0.15, -0.1) is 11.3 Å². The molecule has 0 radical (unpaired) electrons. The van der Waals surface area contributed by atoms with Gasteiger partial charge in [0, 0.05) is 17.0 Å². The molecule has 0 atom stereocenters. The Labute approximate surface area is 152 Å². The molecule has 26 heavy (non-hydrogen) atoms. The van der Waals surface area contributed by atoms with Crippen LogP contribution in [0.3, 0.4) is 0 Å². The topological polar surface area (TPSA) is 125 Å². The number of hydrogen-bond donors (Lipinski definition) is 4. The Balaban J connectivity index is 1.53. The SMILES string of the molecule is N=C(N)c1ccc(CNC(=O)c2nc3sc4c(c3c(=O)[nH]2)CCC4)cc1. The highest BCUT2D eigenvalue weighted by Crippen LogP contribution is 2.34. The van der Waals surface area contributed by atoms with Gasteiger partial charge >= 0.3 is 0 Å². The highest BCUT2D eigenvalue weighted by molar-refractivity contribution is 7.18. The minimum absolute atomic E-state index is 0.00138. The fraction of sp³-hybridized carbons (Fsp3) is 0.222. The van der Waals surface area contributed by atoms with Gasteiger partial charge in [-0.1, -0.05) is 24.3 Å². The number of carbonyl (C=O) groups is 1. The van der Waals surface area contributed by atoms with Crippen molar-refractivity contribution < 1.29 is 4.79 Å². The molecule has 5 N–H and O–H groups in total. The molecule has 1 aliphatic carbocycles. The second-order valence-corrected chi connectivity index (χ2v) is 7.33. The van der Waals surface area contributed by atoms with Gasteiger partial charge in [-0.25, -0.2) is 4.98 Å². The number of aryl methyl sites for hydroxylation is 2. The first-order valence-electron chi connectivity index (χ1n) is 8.29. The lowest BCUT2D eigenvalue weighted by Gasteiger charge is -2.06. The number of nitrogens with zero attached hydrogens (tertiary/aromatic N) is 1. The maximum absolute atomic E-state index is 12.4. The molecule has 2 aromatic heterocycles. The van der Waals surface area contributed by atoms with Gasteiger partial charge in [0.1, 0.15) is 10.7 Å². The first-order chi connectivity index (χ1) is 12.5. The predicted molar refractivity (Wildman–Crippen MR) is 101 cm³/mol. The molecular weight excluding hydrogens is 350 g/mol. The quantitative estimate of drug-likeness (QED) is 0.413. The number of fused-ring (bicyclic) bond motifs is 3. The normalized spacial score (nSPS) is 12.9. The number of carbonyl (C=O) groups excluding carboxylic acids is 1. The van der Waals surface area contributed by atoms with Crippen molar-refractivity contribution in [2.45, 2.75) is 25.8 Å². The molecule has 1 aliphatic rings. The maximum Gasteiger partial charge on any atom is 0.287 e. The van der Waals surface area contributed by atoms with E-state index in [9.17, 15) is 9.59 Å². The Morgan fingerprint density at radius 2 is 2.08 bits per heavy atom. The van der Waals surface area contributed by atoms with E-state index in [1.807, 2.05) is 0 Å². The Hall–Kier alpha value is -3.00. The lowest BCUT2D eigenvalue weighted by atomic mass is 10.1. The molecule has 0 aliphatic heterocycles. The van der Waals surface area contributed by atoms with Crippen LogP contribution < -0.4 is 16.6 Å². The monoisotopic (exact) mass is 367 g/mol. The van der Waals surface area contributed by atoms with E-state index in [1.54, 1.807) is 24.3 Å². The largest absolute Gasteiger partial charge is 0.384 e. The number of benzene rings is 1. The van der Waals surface area contributed by atoms with Crippen molar-refractivity contribution >= 4 is 33.3 Å². The van der Waals surface area contributed by atoms with E-state index in [2.05, 4.69) is 15.3 Å². The average Bonchev–Trinajstić information content (AvgIpc) is 3.20. The van der Waals surface area contributed by atoms with Crippen molar-refractivity contribution in [3.05, 3.63) is 62.0 Å². The molecule has 4 rings (SSSR count). The number of rotatable bonds is 4. The third-order valence-electron chi connectivity index (χ3n) is 4.51. The molecule has 0 spiro atoms. The number of thiophene rings is 1. The highest BCUT2D eigenvalue weighted by Gasteiger charge is 2.22. The molecule has 1 amide bonds. The van der Waals surface area contributed by atoms with Crippen molar-refractivity contribution in [3.8, 4) is 0 Å². The number of aromatic amines is 1. The van der Waals surface area contributed by atoms with Crippen molar-refractivity contribution in [3.63, 3.8) is 0 Å². The van der Waals surface area contributed by atoms with Gasteiger partial charge in [-0.3, -0.25) is 15.0 Å². The fourth-order valence-corrected chi connectivity index (χ4v) is 4.44. The summed E-state index contributed by atoms with van der Waals surface area (Å²) in [5.74, 6) is -0.394. The summed E-state index contributed by atoms with van der Waals surface area (Å²) in [6.45, 7) is 0.291. The first-order valence-corrected chi connectivity index (χ1v) is 9.10. The van der Waals surface area contributed by atoms with Gasteiger partial charge in [-0.2, -0.15) is 0 Å². The number of aromatic nitrogens is 2. The van der Waals surface area contributed by atoms with Crippen LogP contribution in [0.5, 0.6) is 0 Å². The molecule has 0 unspecified atom stereocenters. The minimum Gasteiger partial charge on any atom is -0.384 e. The van der Waals surface area contributed by atoms with Gasteiger partial charge in [0.15, 0.2) is 0 Å². The van der Waals surface area contributed by atoms with Crippen molar-refractivity contribution in [1.82, 2.24) is 15.3 Å². The standard InChI is InChI=1S/C18H17N5O2S/c19-14(20)10-6-4-9(5-7-10)8-21-17(25)15-22-16(24)13-11-2-1-3-12(11)26-18(13)23-15/h4-7H,1-3,8H2,(H3,19,20)(H,21,25)(H,22,23,24). The van der Waals surface area contributed by atoms with Gasteiger partial charge < -0.3 is 16.0 Å². The molecule has 1 aromatic carbocycles. The summed E-state index contributed by atoms with van der Waals surface area (Å²) >= 11 is 1.51. The number of nitrogen functional groups attached to an aromatic ring is 1. The molecule has 2 heterocycles. The predicted octanol–water partition coefficient (Wildman–Crippen LogP) is 1.69. The number of nitrogens with one attached hydrogen (secondary N) is 3. The summed E-state index contributed by atoms with van der Waals surface area (Å²) in [5, 5.41) is 10.8. The number of hydrogen-bond acceptors (Lipinski definition) is 5. The Kier molecular flexibility index (Phi) is 4.04. The Bertz CT molecular complexity index is 1080. The van der Waals surface area contributed by atoms with Gasteiger partial charge in [-0.05, 0) is 30.4 Å². The molecule has 0 saturated heterocycles. The Morgan fingerprint density at radius 3 is 2.81 bits per heavy atom. The third-order valence-corrected chi connectivity index (χ3v) is 5.69. The lowest BCUT2D eigenvalue weighted by Crippen LogP contribution is -2.27. The second kappa shape index (κ2) is 6.38. The number of H-pyrrole nitrogens is 1. The van der Waals surface area contributed by atoms with E-state index in [0.29, 0.717) is 22.3 Å². The number of amides is 1. The van der Waals surface area contributed by atoms with E-state index >= 15 is 0 Å². The summed E-state index contributed by atoms with van der Waals surface area (Å²) in [6, 6.07) is 7.03.